The lowest BCUT2D eigenvalue weighted by Crippen LogP contribution is -2.59. The van der Waals surface area contributed by atoms with E-state index in [1.807, 2.05) is 58.2 Å². The Labute approximate surface area is 397 Å². The van der Waals surface area contributed by atoms with Crippen LogP contribution in [0.2, 0.25) is 0 Å². The van der Waals surface area contributed by atoms with E-state index in [1.54, 1.807) is 38.1 Å². The predicted octanol–water partition coefficient (Wildman–Crippen LogP) is 0.721. The van der Waals surface area contributed by atoms with Gasteiger partial charge < -0.3 is 63.5 Å². The fourth-order valence-corrected chi connectivity index (χ4v) is 7.34. The molecule has 3 aromatic rings. The van der Waals surface area contributed by atoms with Crippen molar-refractivity contribution in [2.45, 2.75) is 130 Å². The third-order valence-corrected chi connectivity index (χ3v) is 11.0. The molecule has 0 aliphatic heterocycles. The summed E-state index contributed by atoms with van der Waals surface area (Å²) in [5, 5.41) is 42.8. The second-order valence-electron chi connectivity index (χ2n) is 18.2. The molecule has 1 heterocycles. The lowest BCUT2D eigenvalue weighted by molar-refractivity contribution is -0.144. The topological polar surface area (TPSA) is 315 Å². The highest BCUT2D eigenvalue weighted by atomic mass is 16.4. The number of benzene rings is 2. The molecule has 7 atom stereocenters. The van der Waals surface area contributed by atoms with Crippen LogP contribution in [0.25, 0.3) is 10.9 Å². The number of hydrogen-bond acceptors (Lipinski definition) is 11. The molecule has 374 valence electrons. The summed E-state index contributed by atoms with van der Waals surface area (Å²) >= 11 is 0. The van der Waals surface area contributed by atoms with Gasteiger partial charge in [-0.3, -0.25) is 33.6 Å². The summed E-state index contributed by atoms with van der Waals surface area (Å²) in [4.78, 5) is 107. The van der Waals surface area contributed by atoms with Crippen LogP contribution in [0.5, 0.6) is 0 Å². The van der Waals surface area contributed by atoms with E-state index in [9.17, 15) is 48.6 Å². The quantitative estimate of drug-likeness (QED) is 0.0449. The van der Waals surface area contributed by atoms with E-state index in [0.717, 1.165) is 16.5 Å². The molecule has 1 aromatic heterocycles. The number of aliphatic hydroxyl groups is 1. The summed E-state index contributed by atoms with van der Waals surface area (Å²) < 4.78 is 0. The number of nitrogens with one attached hydrogen (secondary N) is 9. The van der Waals surface area contributed by atoms with Crippen molar-refractivity contribution in [1.29, 1.82) is 0 Å². The van der Waals surface area contributed by atoms with Crippen LogP contribution < -0.4 is 48.3 Å². The SMILES string of the molecule is CC(C)C[C@H](NC(=O)CCN)C(=O)N[C@@H](C)C(=O)NCCN[C@@H](Cc1c[nH]c2ccccc12)C(=O)NCc1cccc(C(=O)N[C@@H](CC(C)C)C(=O)N[C@H](C(=O)N[C@H](C(=O)O)C(C)C)[C@@H](C)O)c1. The molecule has 20 nitrogen and oxygen atoms in total. The number of carboxylic acids is 1. The van der Waals surface area contributed by atoms with Crippen molar-refractivity contribution >= 4 is 58.2 Å². The lowest BCUT2D eigenvalue weighted by atomic mass is 10.0. The van der Waals surface area contributed by atoms with Gasteiger partial charge in [-0.1, -0.05) is 71.9 Å². The fourth-order valence-electron chi connectivity index (χ4n) is 7.34. The summed E-state index contributed by atoms with van der Waals surface area (Å²) in [7, 11) is 0. The van der Waals surface area contributed by atoms with E-state index < -0.39 is 83.8 Å². The van der Waals surface area contributed by atoms with Gasteiger partial charge in [0.05, 0.1) is 12.1 Å². The number of fused-ring (bicyclic) bond motifs is 1. The Kier molecular flexibility index (Phi) is 22.6. The van der Waals surface area contributed by atoms with Gasteiger partial charge in [0.25, 0.3) is 5.91 Å². The molecular weight excluding hydrogens is 877 g/mol. The van der Waals surface area contributed by atoms with E-state index >= 15 is 0 Å². The van der Waals surface area contributed by atoms with Gasteiger partial charge in [-0.05, 0) is 80.2 Å². The maximum Gasteiger partial charge on any atom is 0.326 e. The van der Waals surface area contributed by atoms with Crippen LogP contribution in [0.1, 0.15) is 96.1 Å². The summed E-state index contributed by atoms with van der Waals surface area (Å²) in [6.45, 7) is 14.0. The standard InChI is InChI=1S/C48H72N10O10/c1-26(2)20-37(55-39(60)16-17-49)45(64)54-29(7)42(61)51-19-18-50-36(23-33-25-52-35-15-10-9-14-34(33)35)44(63)53-24-31-12-11-13-32(22-31)43(62)56-38(21-27(3)4)46(65)58-41(30(8)59)47(66)57-40(28(5)6)48(67)68/h9-15,22,25-30,36-38,40-41,50,52,59H,16-21,23-24,49H2,1-8H3,(H,51,61)(H,53,63)(H,54,64)(H,55,60)(H,56,62)(H,57,66)(H,58,65)(H,67,68)/t29-,30+,36-,37-,38-,40-,41-/m0/s1. The molecule has 0 fully saturated rings. The Morgan fingerprint density at radius 2 is 1.29 bits per heavy atom. The number of H-pyrrole nitrogens is 1. The Bertz CT molecular complexity index is 2190. The van der Waals surface area contributed by atoms with Gasteiger partial charge in [0.1, 0.15) is 30.2 Å². The number of aromatic amines is 1. The summed E-state index contributed by atoms with van der Waals surface area (Å²) in [5.41, 5.74) is 8.02. The van der Waals surface area contributed by atoms with Gasteiger partial charge in [-0.2, -0.15) is 0 Å². The van der Waals surface area contributed by atoms with E-state index in [2.05, 4.69) is 47.5 Å². The molecule has 0 radical (unpaired) electrons. The Balaban J connectivity index is 1.69. The molecule has 0 spiro atoms. The number of carboxylic acid groups (broad SMARTS) is 1. The molecular formula is C48H72N10O10. The third kappa shape index (κ3) is 18.0. The molecule has 3 rings (SSSR count). The number of carbonyl (C=O) groups is 8. The average molecular weight is 949 g/mol. The Hall–Kier alpha value is -6.38. The van der Waals surface area contributed by atoms with Gasteiger partial charge in [0.2, 0.25) is 35.4 Å². The zero-order valence-electron chi connectivity index (χ0n) is 40.4. The van der Waals surface area contributed by atoms with Crippen molar-refractivity contribution in [2.24, 2.45) is 23.5 Å². The molecule has 68 heavy (non-hydrogen) atoms. The zero-order chi connectivity index (χ0) is 50.7. The first-order valence-corrected chi connectivity index (χ1v) is 23.2. The monoisotopic (exact) mass is 949 g/mol. The summed E-state index contributed by atoms with van der Waals surface area (Å²) in [6.07, 6.45) is 1.33. The van der Waals surface area contributed by atoms with E-state index in [0.29, 0.717) is 12.0 Å². The number of aliphatic carboxylic acids is 1. The van der Waals surface area contributed by atoms with Gasteiger partial charge in [-0.25, -0.2) is 4.79 Å². The Morgan fingerprint density at radius 3 is 1.91 bits per heavy atom. The van der Waals surface area contributed by atoms with Crippen molar-refractivity contribution in [1.82, 2.24) is 47.5 Å². The van der Waals surface area contributed by atoms with Crippen LogP contribution in [-0.4, -0.2) is 125 Å². The second kappa shape index (κ2) is 27.4. The highest BCUT2D eigenvalue weighted by Gasteiger charge is 2.34. The number of hydrogen-bond donors (Lipinski definition) is 12. The minimum atomic E-state index is -1.50. The molecule has 7 amide bonds. The van der Waals surface area contributed by atoms with Crippen LogP contribution in [0.15, 0.2) is 54.7 Å². The van der Waals surface area contributed by atoms with Gasteiger partial charge in [0.15, 0.2) is 0 Å². The molecule has 13 N–H and O–H groups in total. The predicted molar refractivity (Wildman–Crippen MR) is 256 cm³/mol. The lowest BCUT2D eigenvalue weighted by Gasteiger charge is -2.27. The second-order valence-corrected chi connectivity index (χ2v) is 18.2. The number of para-hydroxylation sites is 1. The van der Waals surface area contributed by atoms with Crippen LogP contribution >= 0.6 is 0 Å². The molecule has 0 unspecified atom stereocenters. The van der Waals surface area contributed by atoms with Crippen LogP contribution in [0.4, 0.5) is 0 Å². The summed E-state index contributed by atoms with van der Waals surface area (Å²) in [5.74, 6) is -5.66. The molecule has 0 aliphatic carbocycles. The highest BCUT2D eigenvalue weighted by molar-refractivity contribution is 5.99. The maximum absolute atomic E-state index is 13.9. The van der Waals surface area contributed by atoms with Crippen molar-refractivity contribution in [2.75, 3.05) is 19.6 Å². The van der Waals surface area contributed by atoms with E-state index in [1.165, 1.54) is 13.8 Å². The zero-order valence-corrected chi connectivity index (χ0v) is 40.4. The van der Waals surface area contributed by atoms with Crippen molar-refractivity contribution in [3.05, 3.63) is 71.4 Å². The van der Waals surface area contributed by atoms with Crippen molar-refractivity contribution in [3.63, 3.8) is 0 Å². The molecule has 20 heteroatoms. The van der Waals surface area contributed by atoms with Crippen LogP contribution in [0, 0.1) is 17.8 Å². The Morgan fingerprint density at radius 1 is 0.662 bits per heavy atom. The van der Waals surface area contributed by atoms with Gasteiger partial charge >= 0.3 is 5.97 Å². The van der Waals surface area contributed by atoms with Crippen molar-refractivity contribution < 1.29 is 48.6 Å². The summed E-state index contributed by atoms with van der Waals surface area (Å²) in [6, 6.07) is 7.71. The first-order valence-electron chi connectivity index (χ1n) is 23.2. The molecule has 0 aliphatic rings. The number of amides is 7. The number of rotatable bonds is 28. The van der Waals surface area contributed by atoms with Crippen LogP contribution in [-0.2, 0) is 46.5 Å². The first kappa shape index (κ1) is 55.9. The smallest absolute Gasteiger partial charge is 0.326 e. The first-order chi connectivity index (χ1) is 32.1. The molecule has 2 aromatic carbocycles. The van der Waals surface area contributed by atoms with Gasteiger partial charge in [0, 0.05) is 55.3 Å². The number of aliphatic hydroxyl groups excluding tert-OH is 1. The number of aromatic nitrogens is 1. The molecule has 0 saturated carbocycles. The van der Waals surface area contributed by atoms with Gasteiger partial charge in [-0.15, -0.1) is 0 Å². The normalized spacial score (nSPS) is 14.5. The number of carbonyl (C=O) groups excluding carboxylic acids is 7. The average Bonchev–Trinajstić information content (AvgIpc) is 3.68. The maximum atomic E-state index is 13.9. The molecule has 0 saturated heterocycles. The highest BCUT2D eigenvalue weighted by Crippen LogP contribution is 2.19. The fraction of sp³-hybridized carbons (Fsp3) is 0.542. The largest absolute Gasteiger partial charge is 0.480 e. The van der Waals surface area contributed by atoms with Crippen molar-refractivity contribution in [3.8, 4) is 0 Å². The minimum absolute atomic E-state index is 0.0270. The number of nitrogens with two attached hydrogens (primary N) is 1. The van der Waals surface area contributed by atoms with Crippen LogP contribution in [0.3, 0.4) is 0 Å². The van der Waals surface area contributed by atoms with E-state index in [-0.39, 0.29) is 74.7 Å². The molecule has 0 bridgehead atoms. The van der Waals surface area contributed by atoms with E-state index in [4.69, 9.17) is 5.73 Å². The minimum Gasteiger partial charge on any atom is -0.480 e. The third-order valence-electron chi connectivity index (χ3n) is 11.0.